The van der Waals surface area contributed by atoms with Crippen LogP contribution in [-0.2, 0) is 14.3 Å². The summed E-state index contributed by atoms with van der Waals surface area (Å²) in [6.07, 6.45) is 3.10. The number of Topliss-reactive ketones (excluding diaryl/α,β-unsaturated/α-hetero) is 1. The van der Waals surface area contributed by atoms with Gasteiger partial charge in [0.25, 0.3) is 0 Å². The number of ketones is 1. The molecule has 2 aliphatic heterocycles. The predicted molar refractivity (Wildman–Crippen MR) is 47.9 cm³/mol. The molecule has 2 rings (SSSR count). The zero-order valence-electron chi connectivity index (χ0n) is 7.49. The van der Waals surface area contributed by atoms with Crippen LogP contribution in [0.2, 0.25) is 0 Å². The Hall–Kier alpha value is -0.380. The Morgan fingerprint density at radius 2 is 2.31 bits per heavy atom. The van der Waals surface area contributed by atoms with Gasteiger partial charge in [-0.3, -0.25) is 4.79 Å². The molecule has 2 heterocycles. The smallest absolute Gasteiger partial charge is 0.188 e. The van der Waals surface area contributed by atoms with Crippen molar-refractivity contribution in [3.8, 4) is 0 Å². The largest absolute Gasteiger partial charge is 0.368 e. The zero-order chi connectivity index (χ0) is 9.64. The Balaban J connectivity index is 2.37. The number of methoxy groups -OCH3 is 1. The second kappa shape index (κ2) is 2.80. The van der Waals surface area contributed by atoms with Crippen molar-refractivity contribution >= 4 is 17.4 Å². The van der Waals surface area contributed by atoms with Crippen LogP contribution < -0.4 is 0 Å². The Kier molecular flexibility index (Phi) is 1.98. The number of hydrogen-bond donors (Lipinski definition) is 0. The molecule has 0 spiro atoms. The Bertz CT molecular complexity index is 276. The van der Waals surface area contributed by atoms with E-state index in [1.165, 1.54) is 7.11 Å². The van der Waals surface area contributed by atoms with E-state index < -0.39 is 11.0 Å². The minimum Gasteiger partial charge on any atom is -0.368 e. The third-order valence-electron chi connectivity index (χ3n) is 2.77. The summed E-state index contributed by atoms with van der Waals surface area (Å²) in [6, 6.07) is 0. The van der Waals surface area contributed by atoms with E-state index in [0.717, 1.165) is 0 Å². The lowest BCUT2D eigenvalue weighted by Gasteiger charge is -2.38. The third kappa shape index (κ3) is 1.08. The first-order chi connectivity index (χ1) is 6.09. The summed E-state index contributed by atoms with van der Waals surface area (Å²) in [5.41, 5.74) is -0.921. The summed E-state index contributed by atoms with van der Waals surface area (Å²) < 4.78 is 10.7. The highest BCUT2D eigenvalue weighted by molar-refractivity contribution is 6.33. The summed E-state index contributed by atoms with van der Waals surface area (Å²) in [5, 5.41) is -0.625. The van der Waals surface area contributed by atoms with Gasteiger partial charge < -0.3 is 9.47 Å². The standard InChI is InChI=1S/C9H11ClO3/c1-9(12-2)6-4-3-5(13-6)7(10)8(9)11/h3-7H,1-2H3/t5-,6+,7-,9+/m0/s1. The van der Waals surface area contributed by atoms with Crippen LogP contribution in [0.1, 0.15) is 6.92 Å². The van der Waals surface area contributed by atoms with Crippen LogP contribution in [0.25, 0.3) is 0 Å². The monoisotopic (exact) mass is 202 g/mol. The zero-order valence-corrected chi connectivity index (χ0v) is 8.25. The quantitative estimate of drug-likeness (QED) is 0.468. The molecule has 4 atom stereocenters. The van der Waals surface area contributed by atoms with Crippen molar-refractivity contribution < 1.29 is 14.3 Å². The topological polar surface area (TPSA) is 35.5 Å². The molecule has 72 valence electrons. The summed E-state index contributed by atoms with van der Waals surface area (Å²) in [5.74, 6) is -0.0945. The SMILES string of the molecule is CO[C@@]1(C)C(=O)[C@@H](Cl)[C@@H]2C=C[C@H]1O2. The summed E-state index contributed by atoms with van der Waals surface area (Å²) in [7, 11) is 1.50. The molecule has 0 radical (unpaired) electrons. The molecule has 1 fully saturated rings. The average molecular weight is 203 g/mol. The van der Waals surface area contributed by atoms with Crippen molar-refractivity contribution in [2.45, 2.75) is 30.1 Å². The molecule has 0 aromatic carbocycles. The van der Waals surface area contributed by atoms with Crippen LogP contribution in [0.4, 0.5) is 0 Å². The Labute approximate surface area is 81.6 Å². The van der Waals surface area contributed by atoms with Gasteiger partial charge in [0.15, 0.2) is 11.4 Å². The van der Waals surface area contributed by atoms with Gasteiger partial charge >= 0.3 is 0 Å². The maximum Gasteiger partial charge on any atom is 0.188 e. The van der Waals surface area contributed by atoms with Crippen molar-refractivity contribution in [2.24, 2.45) is 0 Å². The average Bonchev–Trinajstić information content (AvgIpc) is 2.59. The van der Waals surface area contributed by atoms with Gasteiger partial charge in [0.2, 0.25) is 0 Å². The van der Waals surface area contributed by atoms with Crippen LogP contribution in [0.5, 0.6) is 0 Å². The number of carbonyl (C=O) groups excluding carboxylic acids is 1. The second-order valence-electron chi connectivity index (χ2n) is 3.48. The van der Waals surface area contributed by atoms with Gasteiger partial charge in [-0.05, 0) is 6.92 Å². The first-order valence-electron chi connectivity index (χ1n) is 4.17. The molecule has 0 aromatic heterocycles. The van der Waals surface area contributed by atoms with Crippen molar-refractivity contribution in [3.05, 3.63) is 12.2 Å². The summed E-state index contributed by atoms with van der Waals surface area (Å²) >= 11 is 5.92. The second-order valence-corrected chi connectivity index (χ2v) is 3.95. The predicted octanol–water partition coefficient (Wildman–Crippen LogP) is 0.905. The molecule has 13 heavy (non-hydrogen) atoms. The summed E-state index contributed by atoms with van der Waals surface area (Å²) in [4.78, 5) is 11.8. The Morgan fingerprint density at radius 3 is 2.92 bits per heavy atom. The fourth-order valence-electron chi connectivity index (χ4n) is 1.73. The lowest BCUT2D eigenvalue weighted by molar-refractivity contribution is -0.168. The number of fused-ring (bicyclic) bond motifs is 2. The molecule has 0 amide bonds. The van der Waals surface area contributed by atoms with E-state index in [-0.39, 0.29) is 18.0 Å². The van der Waals surface area contributed by atoms with E-state index in [9.17, 15) is 4.79 Å². The molecule has 2 bridgehead atoms. The van der Waals surface area contributed by atoms with Gasteiger partial charge in [-0.2, -0.15) is 0 Å². The van der Waals surface area contributed by atoms with Crippen molar-refractivity contribution in [3.63, 3.8) is 0 Å². The molecule has 0 aromatic rings. The molecule has 0 aliphatic carbocycles. The number of ether oxygens (including phenoxy) is 2. The van der Waals surface area contributed by atoms with Gasteiger partial charge in [0.1, 0.15) is 17.6 Å². The van der Waals surface area contributed by atoms with Crippen molar-refractivity contribution in [2.75, 3.05) is 7.11 Å². The van der Waals surface area contributed by atoms with E-state index in [0.29, 0.717) is 0 Å². The van der Waals surface area contributed by atoms with E-state index in [4.69, 9.17) is 21.1 Å². The van der Waals surface area contributed by atoms with Crippen LogP contribution >= 0.6 is 11.6 Å². The van der Waals surface area contributed by atoms with Crippen molar-refractivity contribution in [1.29, 1.82) is 0 Å². The fourth-order valence-corrected chi connectivity index (χ4v) is 2.09. The van der Waals surface area contributed by atoms with Crippen LogP contribution in [0.15, 0.2) is 12.2 Å². The van der Waals surface area contributed by atoms with Crippen molar-refractivity contribution in [1.82, 2.24) is 0 Å². The van der Waals surface area contributed by atoms with Gasteiger partial charge in [0, 0.05) is 7.11 Å². The molecule has 0 N–H and O–H groups in total. The van der Waals surface area contributed by atoms with E-state index in [1.807, 2.05) is 12.2 Å². The van der Waals surface area contributed by atoms with E-state index >= 15 is 0 Å². The first-order valence-corrected chi connectivity index (χ1v) is 4.60. The molecular formula is C9H11ClO3. The lowest BCUT2D eigenvalue weighted by atomic mass is 9.90. The van der Waals surface area contributed by atoms with Crippen LogP contribution in [-0.4, -0.2) is 36.1 Å². The first kappa shape index (κ1) is 9.19. The van der Waals surface area contributed by atoms with Gasteiger partial charge in [-0.25, -0.2) is 0 Å². The summed E-state index contributed by atoms with van der Waals surface area (Å²) in [6.45, 7) is 1.71. The number of rotatable bonds is 1. The number of halogens is 1. The number of alkyl halides is 1. The maximum atomic E-state index is 11.8. The highest BCUT2D eigenvalue weighted by Gasteiger charge is 2.53. The highest BCUT2D eigenvalue weighted by atomic mass is 35.5. The number of hydrogen-bond acceptors (Lipinski definition) is 3. The molecular weight excluding hydrogens is 192 g/mol. The molecule has 4 heteroatoms. The molecule has 0 saturated carbocycles. The van der Waals surface area contributed by atoms with Crippen LogP contribution in [0, 0.1) is 0 Å². The minimum atomic E-state index is -0.921. The van der Waals surface area contributed by atoms with Gasteiger partial charge in [0.05, 0.1) is 0 Å². The molecule has 0 unspecified atom stereocenters. The Morgan fingerprint density at radius 1 is 1.62 bits per heavy atom. The maximum absolute atomic E-state index is 11.8. The normalized spacial score (nSPS) is 48.5. The van der Waals surface area contributed by atoms with E-state index in [2.05, 4.69) is 0 Å². The third-order valence-corrected chi connectivity index (χ3v) is 3.22. The lowest BCUT2D eigenvalue weighted by Crippen LogP contribution is -2.57. The minimum absolute atomic E-state index is 0.0945. The fraction of sp³-hybridized carbons (Fsp3) is 0.667. The van der Waals surface area contributed by atoms with Gasteiger partial charge in [-0.15, -0.1) is 11.6 Å². The highest BCUT2D eigenvalue weighted by Crippen LogP contribution is 2.36. The van der Waals surface area contributed by atoms with Crippen LogP contribution in [0.3, 0.4) is 0 Å². The van der Waals surface area contributed by atoms with E-state index in [1.54, 1.807) is 6.92 Å². The number of carbonyl (C=O) groups is 1. The molecule has 3 nitrogen and oxygen atoms in total. The molecule has 2 aliphatic rings. The van der Waals surface area contributed by atoms with Gasteiger partial charge in [-0.1, -0.05) is 12.2 Å². The molecule has 1 saturated heterocycles.